The van der Waals surface area contributed by atoms with E-state index >= 15 is 0 Å². The van der Waals surface area contributed by atoms with Gasteiger partial charge in [0, 0.05) is 33.3 Å². The van der Waals surface area contributed by atoms with E-state index in [0.29, 0.717) is 40.6 Å². The van der Waals surface area contributed by atoms with Gasteiger partial charge in [0.15, 0.2) is 0 Å². The maximum atomic E-state index is 13.1. The maximum absolute atomic E-state index is 13.1. The molecule has 0 unspecified atom stereocenters. The Bertz CT molecular complexity index is 1240. The summed E-state index contributed by atoms with van der Waals surface area (Å²) in [5, 5.41) is 0.509. The summed E-state index contributed by atoms with van der Waals surface area (Å²) in [6.45, 7) is 1.98. The topological polar surface area (TPSA) is 84.0 Å². The molecule has 7 nitrogen and oxygen atoms in total. The van der Waals surface area contributed by atoms with Crippen molar-refractivity contribution < 1.29 is 23.9 Å². The van der Waals surface area contributed by atoms with Gasteiger partial charge in [-0.25, -0.2) is 4.90 Å². The highest BCUT2D eigenvalue weighted by Crippen LogP contribution is 2.45. The van der Waals surface area contributed by atoms with Crippen molar-refractivity contribution in [3.05, 3.63) is 53.1 Å². The molecule has 2 aromatic rings. The number of hydrogen-bond acceptors (Lipinski definition) is 5. The van der Waals surface area contributed by atoms with Crippen LogP contribution in [-0.2, 0) is 19.2 Å². The molecule has 3 amide bonds. The molecule has 10 heteroatoms. The number of halogens is 3. The van der Waals surface area contributed by atoms with Gasteiger partial charge in [0.25, 0.3) is 0 Å². The SMILES string of the molecule is Cc1cc(OC(=O)[C@@H]2CC(=O)N(c3cccc(Cl)c3)C2)ccc1N1C(=O)[C@H]2C[C@@H](Br)[C@@H](Br)C[C@H]2C1=O. The monoisotopic (exact) mass is 636 g/mol. The minimum absolute atomic E-state index is 0.0467. The van der Waals surface area contributed by atoms with Crippen molar-refractivity contribution in [2.24, 2.45) is 17.8 Å². The minimum Gasteiger partial charge on any atom is -0.426 e. The molecule has 5 atom stereocenters. The number of rotatable bonds is 4. The molecule has 2 saturated heterocycles. The average molecular weight is 639 g/mol. The lowest BCUT2D eigenvalue weighted by atomic mass is 9.81. The quantitative estimate of drug-likeness (QED) is 0.203. The number of ether oxygens (including phenoxy) is 1. The molecule has 188 valence electrons. The Morgan fingerprint density at radius 1 is 1.00 bits per heavy atom. The van der Waals surface area contributed by atoms with E-state index in [1.807, 2.05) is 0 Å². The first kappa shape index (κ1) is 25.4. The van der Waals surface area contributed by atoms with Crippen LogP contribution in [0.5, 0.6) is 5.75 Å². The summed E-state index contributed by atoms with van der Waals surface area (Å²) in [7, 11) is 0. The summed E-state index contributed by atoms with van der Waals surface area (Å²) in [6.07, 6.45) is 1.25. The number of imide groups is 1. The maximum Gasteiger partial charge on any atom is 0.316 e. The summed E-state index contributed by atoms with van der Waals surface area (Å²) in [5.41, 5.74) is 1.79. The first-order valence-electron chi connectivity index (χ1n) is 11.7. The number of amides is 3. The Hall–Kier alpha value is -2.23. The van der Waals surface area contributed by atoms with Crippen LogP contribution in [0.2, 0.25) is 5.02 Å². The summed E-state index contributed by atoms with van der Waals surface area (Å²) in [6, 6.07) is 11.8. The van der Waals surface area contributed by atoms with E-state index < -0.39 is 11.9 Å². The third kappa shape index (κ3) is 4.61. The zero-order valence-electron chi connectivity index (χ0n) is 19.3. The highest BCUT2D eigenvalue weighted by molar-refractivity contribution is 9.12. The fourth-order valence-corrected chi connectivity index (χ4v) is 6.66. The number of anilines is 2. The molecular weight excluding hydrogens is 616 g/mol. The van der Waals surface area contributed by atoms with Crippen molar-refractivity contribution in [1.29, 1.82) is 0 Å². The third-order valence-corrected chi connectivity index (χ3v) is 10.1. The number of aryl methyl sites for hydroxylation is 1. The molecule has 3 fully saturated rings. The predicted molar refractivity (Wildman–Crippen MR) is 143 cm³/mol. The van der Waals surface area contributed by atoms with Gasteiger partial charge in [0.2, 0.25) is 17.7 Å². The molecule has 1 aliphatic carbocycles. The highest BCUT2D eigenvalue weighted by atomic mass is 79.9. The first-order chi connectivity index (χ1) is 17.1. The molecule has 1 saturated carbocycles. The fourth-order valence-electron chi connectivity index (χ4n) is 5.23. The molecule has 0 aromatic heterocycles. The summed E-state index contributed by atoms with van der Waals surface area (Å²) < 4.78 is 5.58. The van der Waals surface area contributed by atoms with Gasteiger partial charge in [-0.05, 0) is 61.7 Å². The van der Waals surface area contributed by atoms with Gasteiger partial charge in [-0.15, -0.1) is 0 Å². The van der Waals surface area contributed by atoms with Crippen molar-refractivity contribution in [1.82, 2.24) is 0 Å². The predicted octanol–water partition coefficient (Wildman–Crippen LogP) is 5.03. The number of benzene rings is 2. The minimum atomic E-state index is -0.615. The van der Waals surface area contributed by atoms with Gasteiger partial charge in [-0.2, -0.15) is 0 Å². The zero-order chi connectivity index (χ0) is 25.7. The molecule has 2 heterocycles. The molecule has 2 aliphatic heterocycles. The average Bonchev–Trinajstić information content (AvgIpc) is 3.33. The van der Waals surface area contributed by atoms with Crippen LogP contribution in [0.4, 0.5) is 11.4 Å². The number of alkyl halides is 2. The number of nitrogens with zero attached hydrogens (tertiary/aromatic N) is 2. The first-order valence-corrected chi connectivity index (χ1v) is 13.9. The van der Waals surface area contributed by atoms with Crippen molar-refractivity contribution in [2.45, 2.75) is 35.8 Å². The largest absolute Gasteiger partial charge is 0.426 e. The lowest BCUT2D eigenvalue weighted by molar-refractivity contribution is -0.139. The van der Waals surface area contributed by atoms with Crippen LogP contribution in [0.15, 0.2) is 42.5 Å². The Balaban J connectivity index is 1.28. The molecule has 5 rings (SSSR count). The number of carbonyl (C=O) groups is 4. The van der Waals surface area contributed by atoms with E-state index in [2.05, 4.69) is 31.9 Å². The second-order valence-corrected chi connectivity index (χ2v) is 12.3. The van der Waals surface area contributed by atoms with Crippen LogP contribution in [0.3, 0.4) is 0 Å². The van der Waals surface area contributed by atoms with E-state index in [9.17, 15) is 19.2 Å². The second kappa shape index (κ2) is 9.91. The standard InChI is InChI=1S/C26H23Br2ClN2O5/c1-13-7-17(36-26(35)14-8-23(32)30(12-14)16-4-2-3-15(29)9-16)5-6-22(13)31-24(33)18-10-20(27)21(28)11-19(18)25(31)34/h2-7,9,14,18-21H,8,10-12H2,1H3/t14-,18-,19+,20+,21-/m1/s1. The van der Waals surface area contributed by atoms with Crippen molar-refractivity contribution >= 4 is 78.5 Å². The molecular formula is C26H23Br2ClN2O5. The summed E-state index contributed by atoms with van der Waals surface area (Å²) >= 11 is 13.2. The number of fused-ring (bicyclic) bond motifs is 1. The molecule has 0 radical (unpaired) electrons. The molecule has 0 bridgehead atoms. The van der Waals surface area contributed by atoms with Crippen LogP contribution in [-0.4, -0.2) is 39.9 Å². The van der Waals surface area contributed by atoms with E-state index in [1.165, 1.54) is 9.80 Å². The van der Waals surface area contributed by atoms with E-state index in [-0.39, 0.29) is 52.2 Å². The normalized spacial score (nSPS) is 28.0. The zero-order valence-corrected chi connectivity index (χ0v) is 23.3. The second-order valence-electron chi connectivity index (χ2n) is 9.48. The number of carbonyl (C=O) groups excluding carboxylic acids is 4. The van der Waals surface area contributed by atoms with Gasteiger partial charge in [-0.1, -0.05) is 49.5 Å². The van der Waals surface area contributed by atoms with Crippen molar-refractivity contribution in [3.8, 4) is 5.75 Å². The number of esters is 1. The van der Waals surface area contributed by atoms with E-state index in [1.54, 1.807) is 49.4 Å². The van der Waals surface area contributed by atoms with Gasteiger partial charge in [0.1, 0.15) is 5.75 Å². The Labute approximate surface area is 230 Å². The molecule has 2 aromatic carbocycles. The van der Waals surface area contributed by atoms with Gasteiger partial charge >= 0.3 is 5.97 Å². The molecule has 3 aliphatic rings. The summed E-state index contributed by atoms with van der Waals surface area (Å²) in [5.74, 6) is -2.05. The van der Waals surface area contributed by atoms with E-state index in [4.69, 9.17) is 16.3 Å². The molecule has 36 heavy (non-hydrogen) atoms. The Kier molecular flexibility index (Phi) is 7.00. The van der Waals surface area contributed by atoms with Crippen LogP contribution in [0.1, 0.15) is 24.8 Å². The lowest BCUT2D eigenvalue weighted by Gasteiger charge is -2.29. The fraction of sp³-hybridized carbons (Fsp3) is 0.385. The van der Waals surface area contributed by atoms with Crippen LogP contribution in [0, 0.1) is 24.7 Å². The Morgan fingerprint density at radius 3 is 2.28 bits per heavy atom. The van der Waals surface area contributed by atoms with Crippen LogP contribution in [0.25, 0.3) is 0 Å². The van der Waals surface area contributed by atoms with Gasteiger partial charge in [-0.3, -0.25) is 19.2 Å². The Morgan fingerprint density at radius 2 is 1.67 bits per heavy atom. The van der Waals surface area contributed by atoms with Crippen molar-refractivity contribution in [3.63, 3.8) is 0 Å². The highest BCUT2D eigenvalue weighted by Gasteiger charge is 2.52. The van der Waals surface area contributed by atoms with Gasteiger partial charge in [0.05, 0.1) is 23.4 Å². The lowest BCUT2D eigenvalue weighted by Crippen LogP contribution is -2.34. The van der Waals surface area contributed by atoms with Crippen LogP contribution >= 0.6 is 43.5 Å². The van der Waals surface area contributed by atoms with Gasteiger partial charge < -0.3 is 9.64 Å². The summed E-state index contributed by atoms with van der Waals surface area (Å²) in [4.78, 5) is 54.7. The molecule has 0 spiro atoms. The van der Waals surface area contributed by atoms with Crippen LogP contribution < -0.4 is 14.5 Å². The van der Waals surface area contributed by atoms with E-state index in [0.717, 1.165) is 0 Å². The smallest absolute Gasteiger partial charge is 0.316 e. The van der Waals surface area contributed by atoms with Crippen molar-refractivity contribution in [2.75, 3.05) is 16.3 Å². The number of hydrogen-bond donors (Lipinski definition) is 0. The third-order valence-electron chi connectivity index (χ3n) is 7.12. The molecule has 0 N–H and O–H groups in total.